The molecule has 1 atom stereocenters. The zero-order valence-electron chi connectivity index (χ0n) is 14.0. The summed E-state index contributed by atoms with van der Waals surface area (Å²) in [5, 5.41) is 0. The van der Waals surface area contributed by atoms with Crippen molar-refractivity contribution in [2.24, 2.45) is 5.92 Å². The third-order valence-electron chi connectivity index (χ3n) is 4.05. The molecule has 0 radical (unpaired) electrons. The molecule has 1 aromatic heterocycles. The summed E-state index contributed by atoms with van der Waals surface area (Å²) in [5.41, 5.74) is 8.33. The summed E-state index contributed by atoms with van der Waals surface area (Å²) in [7, 11) is 0. The van der Waals surface area contributed by atoms with Crippen LogP contribution in [0.5, 0.6) is 0 Å². The molecule has 0 aliphatic rings. The molecule has 2 rings (SSSR count). The van der Waals surface area contributed by atoms with Crippen molar-refractivity contribution in [2.75, 3.05) is 0 Å². The topological polar surface area (TPSA) is 63.1 Å². The van der Waals surface area contributed by atoms with Crippen molar-refractivity contribution >= 4 is 11.8 Å². The fraction of sp³-hybridized carbons (Fsp3) is 0.333. The maximum absolute atomic E-state index is 12.3. The number of hydrazine groups is 1. The molecule has 0 fully saturated rings. The van der Waals surface area contributed by atoms with E-state index in [1.54, 1.807) is 0 Å². The first-order valence-corrected chi connectivity index (χ1v) is 7.80. The van der Waals surface area contributed by atoms with Gasteiger partial charge in [0.05, 0.1) is 5.56 Å². The summed E-state index contributed by atoms with van der Waals surface area (Å²) < 4.78 is 2.02. The Labute approximate surface area is 136 Å². The van der Waals surface area contributed by atoms with Crippen molar-refractivity contribution in [3.8, 4) is 5.69 Å². The summed E-state index contributed by atoms with van der Waals surface area (Å²) >= 11 is 0. The molecule has 2 amide bonds. The predicted molar refractivity (Wildman–Crippen MR) is 90.3 cm³/mol. The van der Waals surface area contributed by atoms with Crippen molar-refractivity contribution in [1.29, 1.82) is 0 Å². The first-order valence-electron chi connectivity index (χ1n) is 7.80. The Morgan fingerprint density at radius 2 is 1.78 bits per heavy atom. The molecule has 23 heavy (non-hydrogen) atoms. The number of para-hydroxylation sites is 1. The number of nitrogens with zero attached hydrogens (tertiary/aromatic N) is 1. The number of rotatable bonds is 4. The first kappa shape index (κ1) is 16.8. The predicted octanol–water partition coefficient (Wildman–Crippen LogP) is 2.90. The lowest BCUT2D eigenvalue weighted by atomic mass is 10.1. The zero-order chi connectivity index (χ0) is 17.0. The number of amides is 2. The van der Waals surface area contributed by atoms with E-state index in [1.807, 2.05) is 68.7 Å². The van der Waals surface area contributed by atoms with Gasteiger partial charge in [-0.2, -0.15) is 0 Å². The molecule has 0 aliphatic heterocycles. The van der Waals surface area contributed by atoms with Crippen molar-refractivity contribution < 1.29 is 9.59 Å². The summed E-state index contributed by atoms with van der Waals surface area (Å²) in [6.45, 7) is 7.60. The van der Waals surface area contributed by atoms with Gasteiger partial charge in [-0.1, -0.05) is 32.0 Å². The Bertz CT molecular complexity index is 705. The normalized spacial score (nSPS) is 11.8. The van der Waals surface area contributed by atoms with E-state index in [4.69, 9.17) is 0 Å². The molecule has 0 aliphatic carbocycles. The van der Waals surface area contributed by atoms with E-state index in [1.165, 1.54) is 0 Å². The van der Waals surface area contributed by atoms with Gasteiger partial charge in [0.1, 0.15) is 0 Å². The van der Waals surface area contributed by atoms with Gasteiger partial charge in [0, 0.05) is 23.0 Å². The van der Waals surface area contributed by atoms with Crippen LogP contribution >= 0.6 is 0 Å². The molecule has 2 N–H and O–H groups in total. The van der Waals surface area contributed by atoms with Gasteiger partial charge in [-0.05, 0) is 38.5 Å². The monoisotopic (exact) mass is 313 g/mol. The summed E-state index contributed by atoms with van der Waals surface area (Å²) in [4.78, 5) is 24.1. The number of hydrogen-bond donors (Lipinski definition) is 2. The highest BCUT2D eigenvalue weighted by atomic mass is 16.2. The molecule has 5 nitrogen and oxygen atoms in total. The van der Waals surface area contributed by atoms with Crippen LogP contribution in [0.1, 0.15) is 42.0 Å². The van der Waals surface area contributed by atoms with E-state index < -0.39 is 0 Å². The van der Waals surface area contributed by atoms with Gasteiger partial charge in [0.15, 0.2) is 0 Å². The minimum Gasteiger partial charge on any atom is -0.318 e. The van der Waals surface area contributed by atoms with E-state index in [0.29, 0.717) is 5.56 Å². The number of carbonyl (C=O) groups is 2. The second-order valence-electron chi connectivity index (χ2n) is 5.71. The second-order valence-corrected chi connectivity index (χ2v) is 5.71. The van der Waals surface area contributed by atoms with Gasteiger partial charge in [-0.3, -0.25) is 20.4 Å². The lowest BCUT2D eigenvalue weighted by Crippen LogP contribution is -2.44. The fourth-order valence-electron chi connectivity index (χ4n) is 2.46. The van der Waals surface area contributed by atoms with E-state index in [2.05, 4.69) is 10.9 Å². The van der Waals surface area contributed by atoms with Crippen LogP contribution in [0.2, 0.25) is 0 Å². The molecule has 1 aromatic carbocycles. The Balaban J connectivity index is 2.18. The van der Waals surface area contributed by atoms with E-state index in [-0.39, 0.29) is 17.7 Å². The van der Waals surface area contributed by atoms with Crippen LogP contribution in [-0.4, -0.2) is 16.4 Å². The Morgan fingerprint density at radius 1 is 1.13 bits per heavy atom. The lowest BCUT2D eigenvalue weighted by Gasteiger charge is -2.12. The van der Waals surface area contributed by atoms with Crippen molar-refractivity contribution in [1.82, 2.24) is 15.4 Å². The van der Waals surface area contributed by atoms with Gasteiger partial charge in [-0.15, -0.1) is 0 Å². The second kappa shape index (κ2) is 7.13. The highest BCUT2D eigenvalue weighted by Crippen LogP contribution is 2.20. The fourth-order valence-corrected chi connectivity index (χ4v) is 2.46. The van der Waals surface area contributed by atoms with E-state index in [0.717, 1.165) is 23.5 Å². The molecule has 122 valence electrons. The van der Waals surface area contributed by atoms with Crippen molar-refractivity contribution in [3.05, 3.63) is 53.3 Å². The van der Waals surface area contributed by atoms with Gasteiger partial charge in [-0.25, -0.2) is 0 Å². The largest absolute Gasteiger partial charge is 0.318 e. The highest BCUT2D eigenvalue weighted by molar-refractivity contribution is 5.97. The number of aryl methyl sites for hydroxylation is 1. The number of nitrogens with one attached hydrogen (secondary N) is 2. The molecule has 0 saturated heterocycles. The number of aromatic nitrogens is 1. The summed E-state index contributed by atoms with van der Waals surface area (Å²) in [5.74, 6) is -0.623. The Morgan fingerprint density at radius 3 is 2.39 bits per heavy atom. The molecule has 0 spiro atoms. The molecular formula is C18H23N3O2. The number of benzene rings is 1. The lowest BCUT2D eigenvalue weighted by molar-refractivity contribution is -0.125. The van der Waals surface area contributed by atoms with Crippen molar-refractivity contribution in [2.45, 2.75) is 34.1 Å². The standard InChI is InChI=1S/C18H23N3O2/c1-5-12(2)17(22)19-20-18(23)16-11-13(3)21(14(16)4)15-9-7-6-8-10-15/h6-12H,5H2,1-4H3,(H,19,22)(H,20,23). The quantitative estimate of drug-likeness (QED) is 0.853. The summed E-state index contributed by atoms with van der Waals surface area (Å²) in [6.07, 6.45) is 0.726. The van der Waals surface area contributed by atoms with Gasteiger partial charge in [0.2, 0.25) is 5.91 Å². The van der Waals surface area contributed by atoms with E-state index >= 15 is 0 Å². The van der Waals surface area contributed by atoms with Gasteiger partial charge >= 0.3 is 0 Å². The van der Waals surface area contributed by atoms with Crippen molar-refractivity contribution in [3.63, 3.8) is 0 Å². The van der Waals surface area contributed by atoms with Crippen LogP contribution in [0.15, 0.2) is 36.4 Å². The zero-order valence-corrected chi connectivity index (χ0v) is 14.0. The van der Waals surface area contributed by atoms with Gasteiger partial charge < -0.3 is 4.57 Å². The smallest absolute Gasteiger partial charge is 0.271 e. The maximum atomic E-state index is 12.3. The van der Waals surface area contributed by atoms with E-state index in [9.17, 15) is 9.59 Å². The Kier molecular flexibility index (Phi) is 5.21. The number of carbonyl (C=O) groups excluding carboxylic acids is 2. The average molecular weight is 313 g/mol. The van der Waals surface area contributed by atoms with Crippen LogP contribution in [0.4, 0.5) is 0 Å². The van der Waals surface area contributed by atoms with Crippen LogP contribution in [0.25, 0.3) is 5.69 Å². The van der Waals surface area contributed by atoms with Crippen LogP contribution in [-0.2, 0) is 4.79 Å². The minimum atomic E-state index is -0.308. The minimum absolute atomic E-state index is 0.132. The molecule has 0 bridgehead atoms. The Hall–Kier alpha value is -2.56. The van der Waals surface area contributed by atoms with Crippen LogP contribution < -0.4 is 10.9 Å². The SMILES string of the molecule is CCC(C)C(=O)NNC(=O)c1cc(C)n(-c2ccccc2)c1C. The summed E-state index contributed by atoms with van der Waals surface area (Å²) in [6, 6.07) is 11.7. The molecule has 1 heterocycles. The average Bonchev–Trinajstić information content (AvgIpc) is 2.86. The molecule has 5 heteroatoms. The maximum Gasteiger partial charge on any atom is 0.271 e. The third-order valence-corrected chi connectivity index (χ3v) is 4.05. The number of hydrogen-bond acceptors (Lipinski definition) is 2. The molecule has 1 unspecified atom stereocenters. The van der Waals surface area contributed by atoms with Crippen LogP contribution in [0, 0.1) is 19.8 Å². The molecule has 0 saturated carbocycles. The van der Waals surface area contributed by atoms with Gasteiger partial charge in [0.25, 0.3) is 5.91 Å². The molecular weight excluding hydrogens is 290 g/mol. The first-order chi connectivity index (χ1) is 11.0. The third kappa shape index (κ3) is 3.62. The molecule has 2 aromatic rings. The van der Waals surface area contributed by atoms with Crippen LogP contribution in [0.3, 0.4) is 0 Å². The highest BCUT2D eigenvalue weighted by Gasteiger charge is 2.18.